The number of nitrogens with two attached hydrogens (primary N) is 1. The van der Waals surface area contributed by atoms with Crippen molar-refractivity contribution in [2.24, 2.45) is 16.8 Å². The van der Waals surface area contributed by atoms with E-state index >= 15 is 0 Å². The van der Waals surface area contributed by atoms with Gasteiger partial charge in [-0.15, -0.1) is 0 Å². The zero-order valence-electron chi connectivity index (χ0n) is 10.7. The van der Waals surface area contributed by atoms with Crippen molar-refractivity contribution in [1.29, 1.82) is 0 Å². The zero-order valence-corrected chi connectivity index (χ0v) is 11.4. The summed E-state index contributed by atoms with van der Waals surface area (Å²) in [6.45, 7) is 2.04. The fraction of sp³-hybridized carbons (Fsp3) is 0.333. The minimum atomic E-state index is -0.272. The molecule has 6 nitrogen and oxygen atoms in total. The number of phenols is 1. The number of amidine groups is 1. The summed E-state index contributed by atoms with van der Waals surface area (Å²) in [6, 6.07) is 4.23. The number of carbonyl (C=O) groups is 1. The molecule has 0 spiro atoms. The molecular formula is C12H16ClN3O3. The number of phenolic OH excluding ortho intramolecular Hbond substituents is 1. The number of halogens is 1. The molecule has 1 aromatic rings. The number of rotatable bonds is 4. The lowest BCUT2D eigenvalue weighted by Gasteiger charge is -2.21. The van der Waals surface area contributed by atoms with Crippen LogP contribution in [0.4, 0.5) is 0 Å². The van der Waals surface area contributed by atoms with E-state index in [0.29, 0.717) is 12.1 Å². The van der Waals surface area contributed by atoms with Crippen LogP contribution >= 0.6 is 11.6 Å². The van der Waals surface area contributed by atoms with Gasteiger partial charge < -0.3 is 20.9 Å². The first-order valence-corrected chi connectivity index (χ1v) is 5.96. The Balaban J connectivity index is 2.79. The molecule has 0 saturated heterocycles. The third kappa shape index (κ3) is 3.75. The Hall–Kier alpha value is -1.95. The van der Waals surface area contributed by atoms with Gasteiger partial charge in [0.25, 0.3) is 5.91 Å². The number of amides is 1. The van der Waals surface area contributed by atoms with Crippen LogP contribution in [0.25, 0.3) is 0 Å². The van der Waals surface area contributed by atoms with Gasteiger partial charge in [-0.2, -0.15) is 0 Å². The molecule has 0 saturated carbocycles. The zero-order chi connectivity index (χ0) is 14.6. The topological polar surface area (TPSA) is 99.2 Å². The molecule has 1 rings (SSSR count). The Labute approximate surface area is 116 Å². The summed E-state index contributed by atoms with van der Waals surface area (Å²) in [5.41, 5.74) is 5.81. The van der Waals surface area contributed by atoms with Crippen molar-refractivity contribution in [2.75, 3.05) is 13.6 Å². The first-order valence-electron chi connectivity index (χ1n) is 5.58. The smallest absolute Gasteiger partial charge is 0.253 e. The molecule has 0 fully saturated rings. The van der Waals surface area contributed by atoms with Gasteiger partial charge >= 0.3 is 0 Å². The van der Waals surface area contributed by atoms with Crippen molar-refractivity contribution in [3.63, 3.8) is 0 Å². The Bertz CT molecular complexity index is 505. The molecule has 0 aliphatic carbocycles. The lowest BCUT2D eigenvalue weighted by molar-refractivity contribution is 0.0786. The number of hydrogen-bond acceptors (Lipinski definition) is 4. The van der Waals surface area contributed by atoms with Gasteiger partial charge in [-0.05, 0) is 18.2 Å². The molecule has 0 heterocycles. The Morgan fingerprint density at radius 3 is 2.74 bits per heavy atom. The Kier molecular flexibility index (Phi) is 5.00. The summed E-state index contributed by atoms with van der Waals surface area (Å²) < 4.78 is 0. The van der Waals surface area contributed by atoms with Crippen molar-refractivity contribution in [1.82, 2.24) is 4.90 Å². The average Bonchev–Trinajstić information content (AvgIpc) is 2.39. The van der Waals surface area contributed by atoms with E-state index < -0.39 is 0 Å². The minimum Gasteiger partial charge on any atom is -0.506 e. The number of carbonyl (C=O) groups excluding carboxylic acids is 1. The van der Waals surface area contributed by atoms with Crippen LogP contribution in [0.5, 0.6) is 5.75 Å². The van der Waals surface area contributed by atoms with Gasteiger partial charge in [-0.25, -0.2) is 0 Å². The number of aromatic hydroxyl groups is 1. The summed E-state index contributed by atoms with van der Waals surface area (Å²) in [7, 11) is 1.60. The largest absolute Gasteiger partial charge is 0.506 e. The molecular weight excluding hydrogens is 270 g/mol. The van der Waals surface area contributed by atoms with Crippen LogP contribution in [0.1, 0.15) is 17.3 Å². The monoisotopic (exact) mass is 285 g/mol. The molecule has 1 atom stereocenters. The van der Waals surface area contributed by atoms with Crippen LogP contribution in [0.3, 0.4) is 0 Å². The second kappa shape index (κ2) is 6.29. The van der Waals surface area contributed by atoms with Gasteiger partial charge in [0.15, 0.2) is 0 Å². The third-order valence-electron chi connectivity index (χ3n) is 2.71. The highest BCUT2D eigenvalue weighted by Gasteiger charge is 2.17. The summed E-state index contributed by atoms with van der Waals surface area (Å²) in [6.07, 6.45) is 0. The second-order valence-corrected chi connectivity index (χ2v) is 4.68. The standard InChI is InChI=1S/C12H16ClN3O3/c1-7(11(14)15-19)6-16(2)12(18)8-3-4-10(17)9(13)5-8/h3-5,7,17,19H,6H2,1-2H3,(H2,14,15). The summed E-state index contributed by atoms with van der Waals surface area (Å²) in [5.74, 6) is -0.555. The predicted molar refractivity (Wildman–Crippen MR) is 72.7 cm³/mol. The van der Waals surface area contributed by atoms with Crippen molar-refractivity contribution < 1.29 is 15.1 Å². The highest BCUT2D eigenvalue weighted by atomic mass is 35.5. The molecule has 0 aliphatic rings. The summed E-state index contributed by atoms with van der Waals surface area (Å²) in [5, 5.41) is 20.9. The van der Waals surface area contributed by atoms with E-state index in [4.69, 9.17) is 22.5 Å². The molecule has 0 aliphatic heterocycles. The lowest BCUT2D eigenvalue weighted by atomic mass is 10.1. The van der Waals surface area contributed by atoms with E-state index in [0.717, 1.165) is 0 Å². The number of oxime groups is 1. The van der Waals surface area contributed by atoms with Gasteiger partial charge in [0, 0.05) is 25.1 Å². The van der Waals surface area contributed by atoms with E-state index in [1.807, 2.05) is 0 Å². The van der Waals surface area contributed by atoms with Crippen molar-refractivity contribution in [3.05, 3.63) is 28.8 Å². The average molecular weight is 286 g/mol. The van der Waals surface area contributed by atoms with Gasteiger partial charge in [0.05, 0.1) is 5.02 Å². The van der Waals surface area contributed by atoms with Gasteiger partial charge in [0.2, 0.25) is 0 Å². The van der Waals surface area contributed by atoms with Crippen LogP contribution < -0.4 is 5.73 Å². The van der Waals surface area contributed by atoms with Crippen LogP contribution in [0, 0.1) is 5.92 Å². The first-order chi connectivity index (χ1) is 8.86. The molecule has 104 valence electrons. The Morgan fingerprint density at radius 2 is 2.21 bits per heavy atom. The van der Waals surface area contributed by atoms with Crippen molar-refractivity contribution >= 4 is 23.3 Å². The second-order valence-electron chi connectivity index (χ2n) is 4.28. The number of nitrogens with zero attached hydrogens (tertiary/aromatic N) is 2. The lowest BCUT2D eigenvalue weighted by Crippen LogP contribution is -2.36. The molecule has 0 radical (unpaired) electrons. The number of benzene rings is 1. The first kappa shape index (κ1) is 15.1. The van der Waals surface area contributed by atoms with Crippen LogP contribution in [-0.4, -0.2) is 40.5 Å². The van der Waals surface area contributed by atoms with Crippen molar-refractivity contribution in [2.45, 2.75) is 6.92 Å². The molecule has 7 heteroatoms. The minimum absolute atomic E-state index is 0.0587. The molecule has 0 bridgehead atoms. The molecule has 1 amide bonds. The maximum Gasteiger partial charge on any atom is 0.253 e. The van der Waals surface area contributed by atoms with E-state index in [1.165, 1.54) is 23.1 Å². The fourth-order valence-electron chi connectivity index (χ4n) is 1.55. The van der Waals surface area contributed by atoms with E-state index in [1.54, 1.807) is 14.0 Å². The quantitative estimate of drug-likeness (QED) is 0.338. The molecule has 1 aromatic carbocycles. The fourth-order valence-corrected chi connectivity index (χ4v) is 1.73. The predicted octanol–water partition coefficient (Wildman–Crippen LogP) is 1.50. The summed E-state index contributed by atoms with van der Waals surface area (Å²) >= 11 is 5.75. The maximum absolute atomic E-state index is 12.1. The van der Waals surface area contributed by atoms with Gasteiger partial charge in [0.1, 0.15) is 11.6 Å². The normalized spacial score (nSPS) is 13.1. The van der Waals surface area contributed by atoms with E-state index in [9.17, 15) is 9.90 Å². The van der Waals surface area contributed by atoms with E-state index in [2.05, 4.69) is 5.16 Å². The van der Waals surface area contributed by atoms with Crippen LogP contribution in [0.15, 0.2) is 23.4 Å². The van der Waals surface area contributed by atoms with Crippen molar-refractivity contribution in [3.8, 4) is 5.75 Å². The molecule has 1 unspecified atom stereocenters. The van der Waals surface area contributed by atoms with E-state index in [-0.39, 0.29) is 28.4 Å². The van der Waals surface area contributed by atoms with Gasteiger partial charge in [-0.1, -0.05) is 23.7 Å². The highest BCUT2D eigenvalue weighted by Crippen LogP contribution is 2.24. The number of hydrogen-bond donors (Lipinski definition) is 3. The summed E-state index contributed by atoms with van der Waals surface area (Å²) in [4.78, 5) is 13.5. The third-order valence-corrected chi connectivity index (χ3v) is 3.01. The molecule has 4 N–H and O–H groups in total. The van der Waals surface area contributed by atoms with Crippen LogP contribution in [0.2, 0.25) is 5.02 Å². The SMILES string of the molecule is CC(CN(C)C(=O)c1ccc(O)c(Cl)c1)C(N)=NO. The Morgan fingerprint density at radius 1 is 1.58 bits per heavy atom. The highest BCUT2D eigenvalue weighted by molar-refractivity contribution is 6.32. The maximum atomic E-state index is 12.1. The molecule has 19 heavy (non-hydrogen) atoms. The van der Waals surface area contributed by atoms with Gasteiger partial charge in [-0.3, -0.25) is 4.79 Å². The van der Waals surface area contributed by atoms with Crippen LogP contribution in [-0.2, 0) is 0 Å². The molecule has 0 aromatic heterocycles.